The quantitative estimate of drug-likeness (QED) is 0.535. The molecule has 2 rings (SSSR count). The van der Waals surface area contributed by atoms with Crippen molar-refractivity contribution in [2.75, 3.05) is 6.61 Å². The van der Waals surface area contributed by atoms with Gasteiger partial charge in [-0.25, -0.2) is 18.5 Å². The van der Waals surface area contributed by atoms with Crippen LogP contribution in [0.25, 0.3) is 0 Å². The van der Waals surface area contributed by atoms with Gasteiger partial charge >= 0.3 is 0 Å². The Balaban J connectivity index is 2.41. The molecular weight excluding hydrogens is 310 g/mol. The van der Waals surface area contributed by atoms with Crippen molar-refractivity contribution in [1.29, 1.82) is 0 Å². The van der Waals surface area contributed by atoms with E-state index in [0.717, 1.165) is 5.56 Å². The van der Waals surface area contributed by atoms with Crippen LogP contribution >= 0.6 is 0 Å². The Bertz CT molecular complexity index is 729. The molecule has 120 valence electrons. The molecule has 0 amide bonds. The fraction of sp³-hybridized carbons (Fsp3) is 0.308. The van der Waals surface area contributed by atoms with Gasteiger partial charge in [0.05, 0.1) is 12.3 Å². The van der Waals surface area contributed by atoms with Crippen molar-refractivity contribution in [1.82, 2.24) is 9.55 Å². The molecule has 0 aliphatic carbocycles. The van der Waals surface area contributed by atoms with Gasteiger partial charge in [0.25, 0.3) is 10.0 Å². The molecule has 9 heteroatoms. The third-order valence-corrected chi connectivity index (χ3v) is 3.90. The lowest BCUT2D eigenvalue weighted by Crippen LogP contribution is -2.22. The molecule has 1 heterocycles. The Morgan fingerprint density at radius 1 is 1.23 bits per heavy atom. The molecule has 22 heavy (non-hydrogen) atoms. The van der Waals surface area contributed by atoms with Gasteiger partial charge in [0.1, 0.15) is 12.2 Å². The van der Waals surface area contributed by atoms with Crippen LogP contribution in [0.5, 0.6) is 0 Å². The van der Waals surface area contributed by atoms with Crippen LogP contribution in [0.15, 0.2) is 41.7 Å². The molecule has 0 radical (unpaired) electrons. The molecule has 0 unspecified atom stereocenters. The molecule has 2 aromatic rings. The minimum Gasteiger partial charge on any atom is -0.394 e. The van der Waals surface area contributed by atoms with Crippen molar-refractivity contribution in [3.63, 3.8) is 0 Å². The number of aliphatic hydroxyl groups excluding tert-OH is 3. The second-order valence-electron chi connectivity index (χ2n) is 4.80. The number of primary sulfonamides is 1. The summed E-state index contributed by atoms with van der Waals surface area (Å²) in [6, 6.07) is 9.02. The molecule has 5 N–H and O–H groups in total. The summed E-state index contributed by atoms with van der Waals surface area (Å²) in [5.41, 5.74) is 0.732. The molecular formula is C13H17N3O5S. The fourth-order valence-electron chi connectivity index (χ4n) is 1.98. The van der Waals surface area contributed by atoms with E-state index < -0.39 is 34.0 Å². The molecule has 1 aromatic carbocycles. The Morgan fingerprint density at radius 2 is 1.86 bits per heavy atom. The van der Waals surface area contributed by atoms with Crippen molar-refractivity contribution < 1.29 is 23.7 Å². The normalized spacial score (nSPS) is 14.7. The molecule has 0 fully saturated rings. The summed E-state index contributed by atoms with van der Waals surface area (Å²) in [6.07, 6.45) is -1.69. The van der Waals surface area contributed by atoms with Crippen LogP contribution in [-0.2, 0) is 16.6 Å². The first kappa shape index (κ1) is 16.6. The molecule has 1 aromatic heterocycles. The number of benzene rings is 1. The summed E-state index contributed by atoms with van der Waals surface area (Å²) in [4.78, 5) is 3.78. The maximum atomic E-state index is 11.6. The minimum atomic E-state index is -4.10. The highest BCUT2D eigenvalue weighted by molar-refractivity contribution is 7.89. The third kappa shape index (κ3) is 3.70. The number of rotatable bonds is 6. The van der Waals surface area contributed by atoms with Crippen LogP contribution in [-0.4, -0.2) is 46.0 Å². The predicted molar refractivity (Wildman–Crippen MR) is 77.2 cm³/mol. The van der Waals surface area contributed by atoms with Crippen molar-refractivity contribution in [2.45, 2.75) is 23.9 Å². The highest BCUT2D eigenvalue weighted by Crippen LogP contribution is 2.19. The number of aromatic nitrogens is 2. The topological polar surface area (TPSA) is 139 Å². The number of hydrogen-bond acceptors (Lipinski definition) is 6. The van der Waals surface area contributed by atoms with Crippen LogP contribution in [0.4, 0.5) is 0 Å². The van der Waals surface area contributed by atoms with Gasteiger partial charge in [0, 0.05) is 12.7 Å². The smallest absolute Gasteiger partial charge is 0.272 e. The van der Waals surface area contributed by atoms with Gasteiger partial charge in [0.15, 0.2) is 0 Å². The summed E-state index contributed by atoms with van der Waals surface area (Å²) in [7, 11) is -4.10. The van der Waals surface area contributed by atoms with Gasteiger partial charge in [-0.15, -0.1) is 0 Å². The van der Waals surface area contributed by atoms with Crippen LogP contribution in [0.1, 0.15) is 17.4 Å². The van der Waals surface area contributed by atoms with Gasteiger partial charge in [-0.05, 0) is 5.56 Å². The molecule has 0 saturated heterocycles. The lowest BCUT2D eigenvalue weighted by molar-refractivity contribution is -0.0172. The monoisotopic (exact) mass is 327 g/mol. The van der Waals surface area contributed by atoms with Gasteiger partial charge < -0.3 is 19.9 Å². The van der Waals surface area contributed by atoms with Gasteiger partial charge in [-0.2, -0.15) is 0 Å². The van der Waals surface area contributed by atoms with E-state index in [1.807, 2.05) is 6.07 Å². The third-order valence-electron chi connectivity index (χ3n) is 3.06. The van der Waals surface area contributed by atoms with Crippen molar-refractivity contribution in [3.05, 3.63) is 47.8 Å². The van der Waals surface area contributed by atoms with E-state index in [-0.39, 0.29) is 12.2 Å². The van der Waals surface area contributed by atoms with Crippen LogP contribution in [0.3, 0.4) is 0 Å². The zero-order chi connectivity index (χ0) is 16.3. The van der Waals surface area contributed by atoms with E-state index in [1.165, 1.54) is 10.8 Å². The van der Waals surface area contributed by atoms with Crippen molar-refractivity contribution in [2.24, 2.45) is 5.14 Å². The minimum absolute atomic E-state index is 0.0819. The first-order chi connectivity index (χ1) is 10.3. The highest BCUT2D eigenvalue weighted by Gasteiger charge is 2.25. The van der Waals surface area contributed by atoms with Crippen molar-refractivity contribution in [3.8, 4) is 0 Å². The van der Waals surface area contributed by atoms with E-state index in [2.05, 4.69) is 4.98 Å². The largest absolute Gasteiger partial charge is 0.394 e. The van der Waals surface area contributed by atoms with E-state index in [4.69, 9.17) is 10.2 Å². The average Bonchev–Trinajstić information content (AvgIpc) is 2.90. The predicted octanol–water partition coefficient (Wildman–Crippen LogP) is -1.03. The number of nitrogens with zero attached hydrogens (tertiary/aromatic N) is 2. The second kappa shape index (κ2) is 6.55. The Morgan fingerprint density at radius 3 is 2.41 bits per heavy atom. The SMILES string of the molecule is NS(=O)(=O)c1nc([C@H](O)[C@H](O)CO)cn1Cc1ccccc1. The fourth-order valence-corrected chi connectivity index (χ4v) is 2.66. The standard InChI is InChI=1S/C13H17N3O5S/c14-22(20,21)13-15-10(12(19)11(18)8-17)7-16(13)6-9-4-2-1-3-5-9/h1-5,7,11-12,17-19H,6,8H2,(H2,14,20,21)/t11-,12+/m1/s1. The summed E-state index contributed by atoms with van der Waals surface area (Å²) in [5, 5.41) is 32.8. The van der Waals surface area contributed by atoms with Crippen LogP contribution < -0.4 is 5.14 Å². The van der Waals surface area contributed by atoms with Crippen LogP contribution in [0.2, 0.25) is 0 Å². The summed E-state index contributed by atoms with van der Waals surface area (Å²) in [5.74, 6) is 0. The number of hydrogen-bond donors (Lipinski definition) is 4. The highest BCUT2D eigenvalue weighted by atomic mass is 32.2. The van der Waals surface area contributed by atoms with Crippen molar-refractivity contribution >= 4 is 10.0 Å². The van der Waals surface area contributed by atoms with Gasteiger partial charge in [-0.1, -0.05) is 30.3 Å². The molecule has 0 bridgehead atoms. The van der Waals surface area contributed by atoms with Crippen LogP contribution in [0, 0.1) is 0 Å². The zero-order valence-electron chi connectivity index (χ0n) is 11.6. The van der Waals surface area contributed by atoms with Gasteiger partial charge in [-0.3, -0.25) is 0 Å². The molecule has 0 saturated carbocycles. The first-order valence-corrected chi connectivity index (χ1v) is 7.98. The number of nitrogens with two attached hydrogens (primary N) is 1. The summed E-state index contributed by atoms with van der Waals surface area (Å²) >= 11 is 0. The van der Waals surface area contributed by atoms with Gasteiger partial charge in [0.2, 0.25) is 5.16 Å². The summed E-state index contributed by atoms with van der Waals surface area (Å²) in [6.45, 7) is -0.501. The lowest BCUT2D eigenvalue weighted by atomic mass is 10.1. The Labute approximate surface area is 127 Å². The van der Waals surface area contributed by atoms with E-state index in [1.54, 1.807) is 24.3 Å². The molecule has 8 nitrogen and oxygen atoms in total. The first-order valence-electron chi connectivity index (χ1n) is 6.43. The number of aliphatic hydroxyl groups is 3. The Hall–Kier alpha value is -1.78. The lowest BCUT2D eigenvalue weighted by Gasteiger charge is -2.12. The summed E-state index contributed by atoms with van der Waals surface area (Å²) < 4.78 is 24.5. The molecule has 0 aliphatic rings. The van der Waals surface area contributed by atoms with E-state index >= 15 is 0 Å². The van der Waals surface area contributed by atoms with E-state index in [0.29, 0.717) is 0 Å². The second-order valence-corrected chi connectivity index (χ2v) is 6.26. The maximum Gasteiger partial charge on any atom is 0.272 e. The average molecular weight is 327 g/mol. The van der Waals surface area contributed by atoms with E-state index in [9.17, 15) is 18.6 Å². The zero-order valence-corrected chi connectivity index (χ0v) is 12.4. The number of imidazole rings is 1. The molecule has 2 atom stereocenters. The Kier molecular flexibility index (Phi) is 4.94. The molecule has 0 spiro atoms. The number of sulfonamides is 1. The molecule has 0 aliphatic heterocycles. The maximum absolute atomic E-state index is 11.6.